The van der Waals surface area contributed by atoms with Gasteiger partial charge in [0.15, 0.2) is 0 Å². The fraction of sp³-hybridized carbons (Fsp3) is 0.917. The summed E-state index contributed by atoms with van der Waals surface area (Å²) in [5.41, 5.74) is -0.109. The molecule has 2 rings (SSSR count). The van der Waals surface area contributed by atoms with Crippen molar-refractivity contribution >= 4 is 5.91 Å². The lowest BCUT2D eigenvalue weighted by Gasteiger charge is -2.35. The molecule has 1 amide bonds. The molecule has 2 fully saturated rings. The van der Waals surface area contributed by atoms with Gasteiger partial charge < -0.3 is 20.1 Å². The van der Waals surface area contributed by atoms with Crippen molar-refractivity contribution in [2.24, 2.45) is 0 Å². The zero-order chi connectivity index (χ0) is 12.3. The summed E-state index contributed by atoms with van der Waals surface area (Å²) in [5, 5.41) is 6.34. The predicted octanol–water partition coefficient (Wildman–Crippen LogP) is 0.0486. The molecule has 98 valence electrons. The highest BCUT2D eigenvalue weighted by molar-refractivity contribution is 5.82. The van der Waals surface area contributed by atoms with E-state index >= 15 is 0 Å². The van der Waals surface area contributed by atoms with Gasteiger partial charge in [-0.2, -0.15) is 0 Å². The van der Waals surface area contributed by atoms with Gasteiger partial charge >= 0.3 is 0 Å². The van der Waals surface area contributed by atoms with Crippen LogP contribution in [-0.4, -0.2) is 50.5 Å². The zero-order valence-electron chi connectivity index (χ0n) is 10.6. The molecule has 0 aromatic rings. The number of methoxy groups -OCH3 is 1. The van der Waals surface area contributed by atoms with E-state index < -0.39 is 0 Å². The number of carbonyl (C=O) groups is 1. The molecule has 0 bridgehead atoms. The van der Waals surface area contributed by atoms with Gasteiger partial charge in [0.25, 0.3) is 0 Å². The molecule has 0 saturated carbocycles. The molecule has 2 saturated heterocycles. The van der Waals surface area contributed by atoms with Crippen LogP contribution in [0.4, 0.5) is 0 Å². The van der Waals surface area contributed by atoms with Gasteiger partial charge in [0.05, 0.1) is 12.1 Å². The highest BCUT2D eigenvalue weighted by Crippen LogP contribution is 2.20. The van der Waals surface area contributed by atoms with E-state index in [1.165, 1.54) is 0 Å². The highest BCUT2D eigenvalue weighted by atomic mass is 16.5. The summed E-state index contributed by atoms with van der Waals surface area (Å²) in [7, 11) is 1.69. The number of amides is 1. The number of carbonyl (C=O) groups excluding carboxylic acids is 1. The SMILES string of the molecule is COC1CNC(C(=O)NC2(C)CCOCC2)C1. The third kappa shape index (κ3) is 3.18. The van der Waals surface area contributed by atoms with Crippen LogP contribution in [0.15, 0.2) is 0 Å². The first-order valence-electron chi connectivity index (χ1n) is 6.29. The van der Waals surface area contributed by atoms with Crippen molar-refractivity contribution in [3.63, 3.8) is 0 Å². The first kappa shape index (κ1) is 12.8. The molecule has 2 heterocycles. The zero-order valence-corrected chi connectivity index (χ0v) is 10.6. The summed E-state index contributed by atoms with van der Waals surface area (Å²) in [5.74, 6) is 0.0916. The summed E-state index contributed by atoms with van der Waals surface area (Å²) in [6.07, 6.45) is 2.70. The number of ether oxygens (including phenoxy) is 2. The summed E-state index contributed by atoms with van der Waals surface area (Å²) in [4.78, 5) is 12.1. The van der Waals surface area contributed by atoms with Gasteiger partial charge in [-0.25, -0.2) is 0 Å². The van der Waals surface area contributed by atoms with Gasteiger partial charge in [-0.1, -0.05) is 0 Å². The van der Waals surface area contributed by atoms with Gasteiger partial charge in [0.1, 0.15) is 0 Å². The lowest BCUT2D eigenvalue weighted by molar-refractivity contribution is -0.125. The molecule has 0 aromatic carbocycles. The maximum atomic E-state index is 12.1. The molecule has 2 unspecified atom stereocenters. The van der Waals surface area contributed by atoms with Gasteiger partial charge in [-0.05, 0) is 26.2 Å². The second-order valence-corrected chi connectivity index (χ2v) is 5.22. The van der Waals surface area contributed by atoms with Crippen molar-refractivity contribution in [1.29, 1.82) is 0 Å². The minimum atomic E-state index is -0.111. The topological polar surface area (TPSA) is 59.6 Å². The Morgan fingerprint density at radius 3 is 2.76 bits per heavy atom. The van der Waals surface area contributed by atoms with Crippen molar-refractivity contribution in [3.8, 4) is 0 Å². The standard InChI is InChI=1S/C12H22N2O3/c1-12(3-5-17-6-4-12)14-11(15)10-7-9(16-2)8-13-10/h9-10,13H,3-8H2,1-2H3,(H,14,15). The fourth-order valence-corrected chi connectivity index (χ4v) is 2.41. The van der Waals surface area contributed by atoms with Crippen LogP contribution in [0.3, 0.4) is 0 Å². The number of rotatable bonds is 3. The van der Waals surface area contributed by atoms with Crippen LogP contribution in [0.1, 0.15) is 26.2 Å². The average Bonchev–Trinajstić information content (AvgIpc) is 2.78. The largest absolute Gasteiger partial charge is 0.381 e. The minimum absolute atomic E-state index is 0.0916. The lowest BCUT2D eigenvalue weighted by Crippen LogP contribution is -2.54. The maximum absolute atomic E-state index is 12.1. The molecule has 5 nitrogen and oxygen atoms in total. The molecule has 2 atom stereocenters. The van der Waals surface area contributed by atoms with Crippen LogP contribution < -0.4 is 10.6 Å². The molecule has 2 N–H and O–H groups in total. The second kappa shape index (κ2) is 5.33. The van der Waals surface area contributed by atoms with Gasteiger partial charge in [0, 0.05) is 32.4 Å². The Morgan fingerprint density at radius 2 is 2.18 bits per heavy atom. The van der Waals surface area contributed by atoms with E-state index in [4.69, 9.17) is 9.47 Å². The first-order valence-corrected chi connectivity index (χ1v) is 6.29. The minimum Gasteiger partial charge on any atom is -0.381 e. The van der Waals surface area contributed by atoms with E-state index in [1.54, 1.807) is 7.11 Å². The summed E-state index contributed by atoms with van der Waals surface area (Å²) in [6.45, 7) is 4.32. The van der Waals surface area contributed by atoms with Crippen molar-refractivity contribution in [2.45, 2.75) is 43.9 Å². The molecular weight excluding hydrogens is 220 g/mol. The van der Waals surface area contributed by atoms with Crippen LogP contribution in [0, 0.1) is 0 Å². The van der Waals surface area contributed by atoms with E-state index in [-0.39, 0.29) is 23.6 Å². The fourth-order valence-electron chi connectivity index (χ4n) is 2.41. The molecule has 5 heteroatoms. The monoisotopic (exact) mass is 242 g/mol. The van der Waals surface area contributed by atoms with Crippen molar-refractivity contribution in [2.75, 3.05) is 26.9 Å². The number of hydrogen-bond donors (Lipinski definition) is 2. The summed E-state index contributed by atoms with van der Waals surface area (Å²) in [6, 6.07) is -0.111. The maximum Gasteiger partial charge on any atom is 0.237 e. The summed E-state index contributed by atoms with van der Waals surface area (Å²) >= 11 is 0. The van der Waals surface area contributed by atoms with E-state index in [1.807, 2.05) is 0 Å². The molecule has 0 radical (unpaired) electrons. The van der Waals surface area contributed by atoms with Crippen molar-refractivity contribution in [3.05, 3.63) is 0 Å². The van der Waals surface area contributed by atoms with Crippen molar-refractivity contribution in [1.82, 2.24) is 10.6 Å². The Morgan fingerprint density at radius 1 is 1.47 bits per heavy atom. The Labute approximate surface area is 102 Å². The Hall–Kier alpha value is -0.650. The number of hydrogen-bond acceptors (Lipinski definition) is 4. The van der Waals surface area contributed by atoms with Crippen LogP contribution in [0.25, 0.3) is 0 Å². The molecule has 0 spiro atoms. The number of nitrogens with one attached hydrogen (secondary N) is 2. The second-order valence-electron chi connectivity index (χ2n) is 5.22. The highest BCUT2D eigenvalue weighted by Gasteiger charge is 2.34. The van der Waals surface area contributed by atoms with Crippen LogP contribution in [0.2, 0.25) is 0 Å². The first-order chi connectivity index (χ1) is 8.13. The molecule has 2 aliphatic heterocycles. The van der Waals surface area contributed by atoms with E-state index in [9.17, 15) is 4.79 Å². The lowest BCUT2D eigenvalue weighted by atomic mass is 9.92. The van der Waals surface area contributed by atoms with Crippen LogP contribution >= 0.6 is 0 Å². The van der Waals surface area contributed by atoms with Gasteiger partial charge in [-0.3, -0.25) is 4.79 Å². The van der Waals surface area contributed by atoms with Crippen LogP contribution in [-0.2, 0) is 14.3 Å². The van der Waals surface area contributed by atoms with Gasteiger partial charge in [-0.15, -0.1) is 0 Å². The quantitative estimate of drug-likeness (QED) is 0.734. The Kier molecular flexibility index (Phi) is 4.01. The van der Waals surface area contributed by atoms with E-state index in [2.05, 4.69) is 17.6 Å². The third-order valence-corrected chi connectivity index (χ3v) is 3.76. The Bertz CT molecular complexity index is 277. The molecule has 0 aromatic heterocycles. The molecule has 2 aliphatic rings. The van der Waals surface area contributed by atoms with Crippen LogP contribution in [0.5, 0.6) is 0 Å². The van der Waals surface area contributed by atoms with Gasteiger partial charge in [0.2, 0.25) is 5.91 Å². The predicted molar refractivity (Wildman–Crippen MR) is 63.8 cm³/mol. The Balaban J connectivity index is 1.84. The molecule has 17 heavy (non-hydrogen) atoms. The average molecular weight is 242 g/mol. The normalized spacial score (nSPS) is 32.4. The van der Waals surface area contributed by atoms with E-state index in [0.29, 0.717) is 0 Å². The smallest absolute Gasteiger partial charge is 0.237 e. The third-order valence-electron chi connectivity index (χ3n) is 3.76. The van der Waals surface area contributed by atoms with Crippen molar-refractivity contribution < 1.29 is 14.3 Å². The molecular formula is C12H22N2O3. The molecule has 0 aliphatic carbocycles. The summed E-state index contributed by atoms with van der Waals surface area (Å²) < 4.78 is 10.6. The van der Waals surface area contributed by atoms with E-state index in [0.717, 1.165) is 39.0 Å².